The highest BCUT2D eigenvalue weighted by Crippen LogP contribution is 2.59. The van der Waals surface area contributed by atoms with Gasteiger partial charge in [0.15, 0.2) is 0 Å². The maximum atomic E-state index is 6.63. The van der Waals surface area contributed by atoms with Crippen LogP contribution < -0.4 is 5.46 Å². The summed E-state index contributed by atoms with van der Waals surface area (Å²) in [5.74, 6) is 0. The lowest BCUT2D eigenvalue weighted by Crippen LogP contribution is -2.42. The van der Waals surface area contributed by atoms with Gasteiger partial charge in [-0.2, -0.15) is 0 Å². The maximum absolute atomic E-state index is 6.63. The molecule has 62 heavy (non-hydrogen) atoms. The van der Waals surface area contributed by atoms with E-state index in [9.17, 15) is 0 Å². The second kappa shape index (κ2) is 13.5. The Hall–Kier alpha value is -5.93. The van der Waals surface area contributed by atoms with Crippen LogP contribution in [0.1, 0.15) is 72.2 Å². The number of hydrogen-bond donors (Lipinski definition) is 0. The lowest BCUT2D eigenvalue weighted by Gasteiger charge is -2.36. The summed E-state index contributed by atoms with van der Waals surface area (Å²) in [7, 11) is -0.481. The lowest BCUT2D eigenvalue weighted by atomic mass is 9.61. The Kier molecular flexibility index (Phi) is 8.25. The van der Waals surface area contributed by atoms with Crippen LogP contribution in [0.3, 0.4) is 0 Å². The van der Waals surface area contributed by atoms with Gasteiger partial charge in [0.1, 0.15) is 22.3 Å². The predicted octanol–water partition coefficient (Wildman–Crippen LogP) is 13.5. The molecule has 0 bridgehead atoms. The monoisotopic (exact) mass is 916 g/mol. The molecule has 0 radical (unpaired) electrons. The van der Waals surface area contributed by atoms with Gasteiger partial charge < -0.3 is 18.1 Å². The highest BCUT2D eigenvalue weighted by Gasteiger charge is 2.56. The van der Waals surface area contributed by atoms with E-state index in [1.165, 1.54) is 64.2 Å². The molecule has 1 aliphatic heterocycles. The Balaban J connectivity index is 0.000000137. The normalized spacial score (nSPS) is 17.1. The smallest absolute Gasteiger partial charge is 0.456 e. The van der Waals surface area contributed by atoms with Crippen molar-refractivity contribution in [1.82, 2.24) is 0 Å². The van der Waals surface area contributed by atoms with Gasteiger partial charge in [-0.1, -0.05) is 152 Å². The van der Waals surface area contributed by atoms with Gasteiger partial charge in [0.2, 0.25) is 0 Å². The van der Waals surface area contributed by atoms with Crippen molar-refractivity contribution in [1.29, 1.82) is 0 Å². The van der Waals surface area contributed by atoms with Crippen LogP contribution in [0.25, 0.3) is 43.9 Å². The first kappa shape index (κ1) is 37.8. The summed E-state index contributed by atoms with van der Waals surface area (Å²) in [4.78, 5) is 0. The maximum Gasteiger partial charge on any atom is 0.495 e. The van der Waals surface area contributed by atoms with E-state index in [0.29, 0.717) is 0 Å². The fourth-order valence-electron chi connectivity index (χ4n) is 10.9. The van der Waals surface area contributed by atoms with Crippen LogP contribution in [0.15, 0.2) is 191 Å². The molecule has 0 N–H and O–H groups in total. The van der Waals surface area contributed by atoms with Crippen molar-refractivity contribution < 1.29 is 18.1 Å². The summed E-state index contributed by atoms with van der Waals surface area (Å²) in [6.07, 6.45) is 0. The van der Waals surface area contributed by atoms with Crippen molar-refractivity contribution in [2.24, 2.45) is 0 Å². The minimum atomic E-state index is -0.512. The molecule has 300 valence electrons. The van der Waals surface area contributed by atoms with Crippen molar-refractivity contribution in [2.75, 3.05) is 0 Å². The molecule has 13 rings (SSSR count). The fourth-order valence-corrected chi connectivity index (χ4v) is 11.8. The molecule has 0 spiro atoms. The van der Waals surface area contributed by atoms with E-state index in [2.05, 4.69) is 232 Å². The summed E-state index contributed by atoms with van der Waals surface area (Å²) in [5, 5.41) is 4.87. The SMILES string of the molecule is CC1(C)OB(c2ccc3oc4cccc5c4c3c2C5(c2ccccc2)c2ccccc2)OC1(C)C.Ic1ccc2oc3cccc4c3c2c1C4(c1ccccc1)c1ccccc1. The number of benzene rings is 8. The van der Waals surface area contributed by atoms with E-state index >= 15 is 0 Å². The Bertz CT molecular complexity index is 3280. The van der Waals surface area contributed by atoms with Gasteiger partial charge in [0.05, 0.1) is 22.0 Å². The van der Waals surface area contributed by atoms with Gasteiger partial charge in [-0.05, 0) is 131 Å². The molecule has 4 nitrogen and oxygen atoms in total. The summed E-state index contributed by atoms with van der Waals surface area (Å²) >= 11 is 2.49. The zero-order valence-electron chi connectivity index (χ0n) is 34.9. The quantitative estimate of drug-likeness (QED) is 0.127. The number of hydrogen-bond acceptors (Lipinski definition) is 4. The molecule has 0 amide bonds. The molecule has 1 saturated heterocycles. The first-order valence-electron chi connectivity index (χ1n) is 21.4. The van der Waals surface area contributed by atoms with Crippen LogP contribution in [-0.2, 0) is 20.1 Å². The predicted molar refractivity (Wildman–Crippen MR) is 260 cm³/mol. The van der Waals surface area contributed by atoms with E-state index in [4.69, 9.17) is 18.1 Å². The summed E-state index contributed by atoms with van der Waals surface area (Å²) in [6.45, 7) is 8.43. The van der Waals surface area contributed by atoms with Crippen molar-refractivity contribution >= 4 is 79.0 Å². The van der Waals surface area contributed by atoms with Gasteiger partial charge in [-0.15, -0.1) is 0 Å². The van der Waals surface area contributed by atoms with Crippen LogP contribution >= 0.6 is 22.6 Å². The van der Waals surface area contributed by atoms with Crippen LogP contribution in [0.5, 0.6) is 0 Å². The van der Waals surface area contributed by atoms with Gasteiger partial charge in [0.25, 0.3) is 0 Å². The Labute approximate surface area is 374 Å². The highest BCUT2D eigenvalue weighted by atomic mass is 127. The Morgan fingerprint density at radius 2 is 0.742 bits per heavy atom. The first-order valence-corrected chi connectivity index (χ1v) is 22.5. The van der Waals surface area contributed by atoms with Crippen molar-refractivity contribution in [2.45, 2.75) is 49.7 Å². The summed E-state index contributed by atoms with van der Waals surface area (Å²) in [5.41, 5.74) is 13.3. The number of rotatable bonds is 5. The minimum absolute atomic E-state index is 0.320. The van der Waals surface area contributed by atoms with Crippen LogP contribution in [0.2, 0.25) is 0 Å². The topological polar surface area (TPSA) is 44.7 Å². The molecule has 2 aromatic heterocycles. The average molecular weight is 917 g/mol. The number of furan rings is 2. The standard InChI is InChI=1S/C31H27BO3.C25H15IO/c1-29(2)30(3,4)35-32(34-29)23-18-19-25-27-26-22(16-11-17-24(26)33-25)31(28(23)27,20-12-7-5-8-13-20)21-14-9-6-10-15-21;26-19-14-15-21-23-22-18(12-7-13-20(22)27-21)25(24(19)23,16-8-3-1-4-9-16)17-10-5-2-6-11-17/h5-19H,1-4H3;1-15H. The zero-order chi connectivity index (χ0) is 42.0. The van der Waals surface area contributed by atoms with Gasteiger partial charge in [0, 0.05) is 25.1 Å². The van der Waals surface area contributed by atoms with E-state index < -0.39 is 23.7 Å². The molecule has 0 atom stereocenters. The third-order valence-electron chi connectivity index (χ3n) is 14.2. The summed E-state index contributed by atoms with van der Waals surface area (Å²) in [6, 6.07) is 64.8. The highest BCUT2D eigenvalue weighted by molar-refractivity contribution is 14.1. The van der Waals surface area contributed by atoms with Crippen molar-refractivity contribution in [3.63, 3.8) is 0 Å². The molecule has 3 heterocycles. The first-order chi connectivity index (χ1) is 30.2. The van der Waals surface area contributed by atoms with Gasteiger partial charge in [-0.25, -0.2) is 0 Å². The van der Waals surface area contributed by atoms with Crippen molar-refractivity contribution in [3.05, 3.63) is 230 Å². The van der Waals surface area contributed by atoms with E-state index in [-0.39, 0.29) is 5.41 Å². The van der Waals surface area contributed by atoms with Crippen molar-refractivity contribution in [3.8, 4) is 0 Å². The Morgan fingerprint density at radius 1 is 0.371 bits per heavy atom. The molecule has 10 aromatic rings. The molecule has 0 saturated carbocycles. The van der Waals surface area contributed by atoms with Crippen LogP contribution in [0.4, 0.5) is 0 Å². The minimum Gasteiger partial charge on any atom is -0.456 e. The van der Waals surface area contributed by atoms with Crippen LogP contribution in [-0.4, -0.2) is 18.3 Å². The lowest BCUT2D eigenvalue weighted by molar-refractivity contribution is 0.00578. The Morgan fingerprint density at radius 3 is 1.18 bits per heavy atom. The van der Waals surface area contributed by atoms with E-state index in [1.807, 2.05) is 0 Å². The third-order valence-corrected chi connectivity index (χ3v) is 15.1. The fraction of sp³-hybridized carbons (Fsp3) is 0.143. The largest absolute Gasteiger partial charge is 0.495 e. The molecule has 3 aliphatic rings. The third kappa shape index (κ3) is 4.97. The van der Waals surface area contributed by atoms with Gasteiger partial charge >= 0.3 is 7.12 Å². The van der Waals surface area contributed by atoms with E-state index in [0.717, 1.165) is 33.2 Å². The molecule has 6 heteroatoms. The second-order valence-corrected chi connectivity index (χ2v) is 19.0. The van der Waals surface area contributed by atoms with E-state index in [1.54, 1.807) is 0 Å². The average Bonchev–Trinajstić information content (AvgIpc) is 4.09. The number of halogens is 1. The summed E-state index contributed by atoms with van der Waals surface area (Å²) < 4.78 is 27.1. The van der Waals surface area contributed by atoms with Crippen LogP contribution in [0, 0.1) is 3.57 Å². The van der Waals surface area contributed by atoms with Gasteiger partial charge in [-0.3, -0.25) is 0 Å². The molecule has 0 unspecified atom stereocenters. The molecule has 2 aliphatic carbocycles. The molecular weight excluding hydrogens is 874 g/mol. The second-order valence-electron chi connectivity index (χ2n) is 17.8. The molecule has 8 aromatic carbocycles. The molecule has 1 fully saturated rings. The molecular formula is C56H42BIO4. The zero-order valence-corrected chi connectivity index (χ0v) is 37.1.